The molecule has 98 heavy (non-hydrogen) atoms. The van der Waals surface area contributed by atoms with Crippen molar-refractivity contribution < 1.29 is 19.1 Å². The summed E-state index contributed by atoms with van der Waals surface area (Å²) in [6.07, 6.45) is 23.8. The van der Waals surface area contributed by atoms with Crippen LogP contribution in [0.3, 0.4) is 0 Å². The quantitative estimate of drug-likeness (QED) is 0.0625. The minimum absolute atomic E-state index is 0.379. The summed E-state index contributed by atoms with van der Waals surface area (Å²) in [4.78, 5) is 63.2. The molecular formula is C78H89BrN14O4Sn. The van der Waals surface area contributed by atoms with Crippen LogP contribution in [0.5, 0.6) is 0 Å². The Bertz CT molecular complexity index is 4390. The van der Waals surface area contributed by atoms with E-state index >= 15 is 0 Å². The number of nitrogens with one attached hydrogen (secondary N) is 4. The fourth-order valence-corrected chi connectivity index (χ4v) is 29.1. The first-order valence-corrected chi connectivity index (χ1v) is 43.0. The van der Waals surface area contributed by atoms with E-state index in [0.29, 0.717) is 11.5 Å². The Hall–Kier alpha value is -8.82. The Kier molecular flexibility index (Phi) is 20.9. The summed E-state index contributed by atoms with van der Waals surface area (Å²) >= 11 is 1.42. The van der Waals surface area contributed by atoms with E-state index in [2.05, 4.69) is 148 Å². The van der Waals surface area contributed by atoms with E-state index in [1.54, 1.807) is 30.9 Å². The van der Waals surface area contributed by atoms with Crippen molar-refractivity contribution >= 4 is 73.3 Å². The molecule has 4 aliphatic rings. The molecule has 0 saturated heterocycles. The number of hydrogen-bond donors (Lipinski definition) is 4. The van der Waals surface area contributed by atoms with Gasteiger partial charge in [0.05, 0.1) is 45.2 Å². The van der Waals surface area contributed by atoms with E-state index in [-0.39, 0.29) is 6.09 Å². The van der Waals surface area contributed by atoms with E-state index in [1.165, 1.54) is 55.7 Å². The van der Waals surface area contributed by atoms with E-state index in [1.807, 2.05) is 121 Å². The van der Waals surface area contributed by atoms with Gasteiger partial charge in [0.15, 0.2) is 17.5 Å². The molecule has 10 aromatic rings. The van der Waals surface area contributed by atoms with Crippen LogP contribution < -0.4 is 25.1 Å². The van der Waals surface area contributed by atoms with Crippen LogP contribution in [-0.2, 0) is 20.6 Å². The van der Waals surface area contributed by atoms with Crippen molar-refractivity contribution in [3.63, 3.8) is 0 Å². The topological polar surface area (TPSA) is 214 Å². The number of benzene rings is 4. The number of fused-ring (bicyclic) bond motifs is 10. The summed E-state index contributed by atoms with van der Waals surface area (Å²) in [5.41, 5.74) is 10.2. The number of alkyl carbamates (subject to hydrolysis) is 2. The molecule has 0 spiro atoms. The number of unbranched alkanes of at least 4 members (excludes halogenated alkanes) is 3. The standard InChI is InChI=1S/C33H31N7O2.C29H28BrN5O2.C4H3N2.3C4H9.Sn/c1-32(2,3)42-31(41)39-33(16-7-17-33)22-14-12-21(13-15-22)27-26(29-35-19-8-20-36-29)38-30-23-9-4-5-10-24(23)37-28-25(40(27)30)11-6-18-34-28;1-28(2,3)37-27(36)34-29(15-7-16-29)19-13-11-18(12-14-19)23-24(30)33-26-20-8-4-5-9-21(20)32-25-22(35(23)26)10-6-17-31-25;1-2-5-4-6-3-1;3*1-3-4-2;/h4-6,8-15,18-20H,7,16-17H2,1-3H3,(H,34,37)(H,39,41);4-6,8-14,17H,7,15-16H2,1-3H3,(H,31,32)(H,34,36);1-3H;3*1,3-4H2,2H3;. The van der Waals surface area contributed by atoms with Gasteiger partial charge < -0.3 is 30.7 Å². The number of aromatic nitrogens is 10. The van der Waals surface area contributed by atoms with Gasteiger partial charge in [-0.05, 0) is 162 Å². The third-order valence-corrected chi connectivity index (χ3v) is 34.0. The van der Waals surface area contributed by atoms with Gasteiger partial charge in [0.1, 0.15) is 33.1 Å². The molecule has 18 nitrogen and oxygen atoms in total. The van der Waals surface area contributed by atoms with Crippen molar-refractivity contribution in [1.29, 1.82) is 0 Å². The molecule has 2 aliphatic carbocycles. The molecule has 2 amide bonds. The molecule has 0 radical (unpaired) electrons. The van der Waals surface area contributed by atoms with Gasteiger partial charge >= 0.3 is 135 Å². The van der Waals surface area contributed by atoms with Gasteiger partial charge in [-0.15, -0.1) is 0 Å². The number of imidazole rings is 2. The Morgan fingerprint density at radius 2 is 0.918 bits per heavy atom. The molecule has 506 valence electrons. The SMILES string of the molecule is CC(C)(C)OC(=O)NC1(c2ccc(-c3c(-c4ncccn4)nc4n3-c3cccnc3Nc3ccccc3-4)cc2)CCC1.CC(C)(C)OC(=O)NC1(c2ccc(-c3c(Br)nc4n3-c3cccnc3Nc3ccccc3-4)cc2)CCC1.CCC[CH2][Sn]([CH2]CCC)([CH2]CCC)[c]1ncccn1. The van der Waals surface area contributed by atoms with Crippen LogP contribution >= 0.6 is 15.9 Å². The number of carbonyl (C=O) groups is 2. The number of rotatable bonds is 17. The molecule has 2 saturated carbocycles. The zero-order valence-corrected chi connectivity index (χ0v) is 62.2. The van der Waals surface area contributed by atoms with E-state index in [0.717, 1.165) is 134 Å². The maximum absolute atomic E-state index is 12.7. The normalized spacial score (nSPS) is 14.3. The maximum atomic E-state index is 12.7. The molecule has 0 bridgehead atoms. The first-order valence-electron chi connectivity index (χ1n) is 34.7. The first-order chi connectivity index (χ1) is 47.3. The van der Waals surface area contributed by atoms with E-state index in [9.17, 15) is 9.59 Å². The summed E-state index contributed by atoms with van der Waals surface area (Å²) in [5.74, 6) is 3.65. The molecule has 0 unspecified atom stereocenters. The van der Waals surface area contributed by atoms with Gasteiger partial charge in [0.2, 0.25) is 0 Å². The molecular weight excluding hydrogens is 1400 g/mol. The van der Waals surface area contributed by atoms with Crippen LogP contribution in [0.15, 0.2) is 175 Å². The van der Waals surface area contributed by atoms with Gasteiger partial charge in [0.25, 0.3) is 0 Å². The molecule has 20 heteroatoms. The monoisotopic (exact) mass is 1480 g/mol. The van der Waals surface area contributed by atoms with Crippen LogP contribution in [0.2, 0.25) is 13.3 Å². The predicted molar refractivity (Wildman–Crippen MR) is 396 cm³/mol. The average molecular weight is 1490 g/mol. The molecule has 14 rings (SSSR count). The Labute approximate surface area is 588 Å². The third kappa shape index (κ3) is 14.9. The summed E-state index contributed by atoms with van der Waals surface area (Å²) in [5, 5.41) is 13.3. The fourth-order valence-electron chi connectivity index (χ4n) is 13.7. The molecule has 4 N–H and O–H groups in total. The number of para-hydroxylation sites is 2. The molecule has 0 atom stereocenters. The number of hydrogen-bond acceptors (Lipinski definition) is 14. The fraction of sp³-hybridized carbons (Fsp3) is 0.359. The first kappa shape index (κ1) is 69.1. The van der Waals surface area contributed by atoms with Gasteiger partial charge in [-0.1, -0.05) is 72.8 Å². The average Bonchev–Trinajstić information content (AvgIpc) is 1.56. The zero-order valence-electron chi connectivity index (χ0n) is 57.8. The van der Waals surface area contributed by atoms with Crippen molar-refractivity contribution in [1.82, 2.24) is 59.6 Å². The number of nitrogens with zero attached hydrogens (tertiary/aromatic N) is 10. The van der Waals surface area contributed by atoms with E-state index in [4.69, 9.17) is 29.4 Å². The second-order valence-electron chi connectivity index (χ2n) is 28.0. The molecule has 4 aromatic carbocycles. The number of pyridine rings is 2. The van der Waals surface area contributed by atoms with Gasteiger partial charge in [0, 0.05) is 47.0 Å². The number of anilines is 4. The van der Waals surface area contributed by atoms with Crippen LogP contribution in [0, 0.1) is 0 Å². The van der Waals surface area contributed by atoms with Gasteiger partial charge in [-0.25, -0.2) is 39.5 Å². The number of carbonyl (C=O) groups excluding carboxylic acids is 2. The second-order valence-corrected chi connectivity index (χ2v) is 41.6. The van der Waals surface area contributed by atoms with Crippen molar-refractivity contribution in [2.45, 2.75) is 175 Å². The van der Waals surface area contributed by atoms with Crippen molar-refractivity contribution in [3.05, 3.63) is 186 Å². The van der Waals surface area contributed by atoms with Crippen molar-refractivity contribution in [3.8, 4) is 68.2 Å². The Morgan fingerprint density at radius 1 is 0.510 bits per heavy atom. The zero-order chi connectivity index (χ0) is 68.7. The van der Waals surface area contributed by atoms with Gasteiger partial charge in [-0.3, -0.25) is 9.13 Å². The third-order valence-electron chi connectivity index (χ3n) is 18.8. The molecule has 2 fully saturated rings. The van der Waals surface area contributed by atoms with Crippen LogP contribution in [-0.4, -0.2) is 90.8 Å². The number of halogens is 1. The summed E-state index contributed by atoms with van der Waals surface area (Å²) < 4.78 is 21.8. The Morgan fingerprint density at radius 3 is 1.35 bits per heavy atom. The Balaban J connectivity index is 0.000000150. The van der Waals surface area contributed by atoms with Crippen LogP contribution in [0.1, 0.15) is 150 Å². The van der Waals surface area contributed by atoms with Gasteiger partial charge in [-0.2, -0.15) is 0 Å². The van der Waals surface area contributed by atoms with E-state index < -0.39 is 46.8 Å². The summed E-state index contributed by atoms with van der Waals surface area (Å²) in [6, 6.07) is 44.7. The number of ether oxygens (including phenoxy) is 2. The summed E-state index contributed by atoms with van der Waals surface area (Å²) in [6.45, 7) is 18.2. The molecule has 6 aromatic heterocycles. The predicted octanol–water partition coefficient (Wildman–Crippen LogP) is 18.9. The minimum atomic E-state index is -2.32. The molecule has 2 aliphatic heterocycles. The van der Waals surface area contributed by atoms with Crippen molar-refractivity contribution in [2.24, 2.45) is 0 Å². The summed E-state index contributed by atoms with van der Waals surface area (Å²) in [7, 11) is 0. The second kappa shape index (κ2) is 29.7. The van der Waals surface area contributed by atoms with Crippen molar-refractivity contribution in [2.75, 3.05) is 10.6 Å². The van der Waals surface area contributed by atoms with Crippen LogP contribution in [0.4, 0.5) is 32.6 Å². The number of amides is 2. The van der Waals surface area contributed by atoms with Crippen LogP contribution in [0.25, 0.3) is 68.2 Å². The molecule has 8 heterocycles.